The lowest BCUT2D eigenvalue weighted by Gasteiger charge is -2.19. The predicted octanol–water partition coefficient (Wildman–Crippen LogP) is 3.54. The molecule has 0 saturated heterocycles. The van der Waals surface area contributed by atoms with Gasteiger partial charge in [0.2, 0.25) is 0 Å². The molecular weight excluding hydrogens is 272 g/mol. The number of rotatable bonds is 6. The molecule has 0 saturated carbocycles. The summed E-state index contributed by atoms with van der Waals surface area (Å²) < 4.78 is 0. The second-order valence-corrected chi connectivity index (χ2v) is 5.05. The number of nitrogens with one attached hydrogen (secondary N) is 1. The van der Waals surface area contributed by atoms with Gasteiger partial charge in [-0.15, -0.1) is 0 Å². The predicted molar refractivity (Wildman–Crippen MR) is 82.6 cm³/mol. The molecule has 106 valence electrons. The Morgan fingerprint density at radius 2 is 2.20 bits per heavy atom. The number of hydrogen-bond acceptors (Lipinski definition) is 4. The molecule has 1 aromatic heterocycles. The van der Waals surface area contributed by atoms with Crippen LogP contribution in [0.1, 0.15) is 36.9 Å². The summed E-state index contributed by atoms with van der Waals surface area (Å²) >= 11 is 5.87. The Kier molecular flexibility index (Phi) is 5.32. The van der Waals surface area contributed by atoms with Gasteiger partial charge in [-0.2, -0.15) is 0 Å². The zero-order chi connectivity index (χ0) is 14.4. The summed E-state index contributed by atoms with van der Waals surface area (Å²) in [4.78, 5) is 8.28. The van der Waals surface area contributed by atoms with Gasteiger partial charge in [0, 0.05) is 6.54 Å². The van der Waals surface area contributed by atoms with Gasteiger partial charge in [-0.05, 0) is 17.5 Å². The lowest BCUT2D eigenvalue weighted by Crippen LogP contribution is -2.12. The molecule has 2 rings (SSSR count). The molecular formula is C15H19ClN4. The highest BCUT2D eigenvalue weighted by Crippen LogP contribution is 2.24. The number of aromatic nitrogens is 2. The van der Waals surface area contributed by atoms with E-state index < -0.39 is 0 Å². The first-order valence-electron chi connectivity index (χ1n) is 6.76. The fourth-order valence-electron chi connectivity index (χ4n) is 2.14. The van der Waals surface area contributed by atoms with E-state index in [1.54, 1.807) is 6.20 Å². The van der Waals surface area contributed by atoms with Crippen LogP contribution in [0.5, 0.6) is 0 Å². The Balaban J connectivity index is 2.21. The summed E-state index contributed by atoms with van der Waals surface area (Å²) in [6, 6.07) is 8.48. The van der Waals surface area contributed by atoms with Gasteiger partial charge in [0.1, 0.15) is 11.0 Å². The number of benzene rings is 1. The van der Waals surface area contributed by atoms with Crippen molar-refractivity contribution in [1.29, 1.82) is 0 Å². The largest absolute Gasteiger partial charge is 0.362 e. The summed E-state index contributed by atoms with van der Waals surface area (Å²) in [5.74, 6) is 0.689. The topological polar surface area (TPSA) is 63.8 Å². The van der Waals surface area contributed by atoms with Crippen LogP contribution in [0.2, 0.25) is 5.15 Å². The highest BCUT2D eigenvalue weighted by molar-refractivity contribution is 6.29. The molecule has 0 bridgehead atoms. The fourth-order valence-corrected chi connectivity index (χ4v) is 2.29. The van der Waals surface area contributed by atoms with E-state index in [9.17, 15) is 0 Å². The second-order valence-electron chi connectivity index (χ2n) is 4.66. The zero-order valence-corrected chi connectivity index (χ0v) is 12.3. The van der Waals surface area contributed by atoms with E-state index in [2.05, 4.69) is 34.3 Å². The number of halogens is 1. The van der Waals surface area contributed by atoms with E-state index in [1.807, 2.05) is 12.1 Å². The van der Waals surface area contributed by atoms with Gasteiger partial charge in [0.05, 0.1) is 18.4 Å². The van der Waals surface area contributed by atoms with Crippen LogP contribution in [0, 0.1) is 0 Å². The molecule has 3 N–H and O–H groups in total. The summed E-state index contributed by atoms with van der Waals surface area (Å²) in [6.07, 6.45) is 5.28. The van der Waals surface area contributed by atoms with E-state index in [-0.39, 0.29) is 6.04 Å². The maximum absolute atomic E-state index is 5.87. The van der Waals surface area contributed by atoms with Crippen LogP contribution in [0.4, 0.5) is 5.82 Å². The van der Waals surface area contributed by atoms with Crippen LogP contribution in [-0.2, 0) is 6.54 Å². The minimum atomic E-state index is 0.180. The Bertz CT molecular complexity index is 559. The summed E-state index contributed by atoms with van der Waals surface area (Å²) in [6.45, 7) is 2.70. The van der Waals surface area contributed by atoms with Gasteiger partial charge in [-0.25, -0.2) is 4.98 Å². The van der Waals surface area contributed by atoms with Crippen LogP contribution in [0.3, 0.4) is 0 Å². The van der Waals surface area contributed by atoms with E-state index in [4.69, 9.17) is 17.3 Å². The number of anilines is 1. The van der Waals surface area contributed by atoms with Gasteiger partial charge in [-0.1, -0.05) is 49.2 Å². The standard InChI is InChI=1S/C15H19ClN4/c1-2-4-13(12-6-3-5-11(7-12)8-17)19-15-10-18-9-14(16)20-15/h3,5-7,9-10,13H,2,4,8,17H2,1H3,(H,19,20). The van der Waals surface area contributed by atoms with Crippen molar-refractivity contribution in [2.24, 2.45) is 5.73 Å². The number of nitrogens with zero attached hydrogens (tertiary/aromatic N) is 2. The first kappa shape index (κ1) is 14.8. The molecule has 1 aromatic carbocycles. The Hall–Kier alpha value is -1.65. The number of hydrogen-bond donors (Lipinski definition) is 2. The third kappa shape index (κ3) is 3.92. The van der Waals surface area contributed by atoms with Crippen molar-refractivity contribution in [3.05, 3.63) is 52.9 Å². The van der Waals surface area contributed by atoms with Crippen molar-refractivity contribution < 1.29 is 0 Å². The second kappa shape index (κ2) is 7.22. The molecule has 0 spiro atoms. The van der Waals surface area contributed by atoms with Crippen molar-refractivity contribution in [2.45, 2.75) is 32.4 Å². The molecule has 2 aromatic rings. The fraction of sp³-hybridized carbons (Fsp3) is 0.333. The molecule has 1 unspecified atom stereocenters. The van der Waals surface area contributed by atoms with Gasteiger partial charge in [0.15, 0.2) is 0 Å². The zero-order valence-electron chi connectivity index (χ0n) is 11.5. The molecule has 4 nitrogen and oxygen atoms in total. The van der Waals surface area contributed by atoms with E-state index in [0.29, 0.717) is 17.5 Å². The minimum Gasteiger partial charge on any atom is -0.362 e. The summed E-state index contributed by atoms with van der Waals surface area (Å²) in [5, 5.41) is 3.78. The van der Waals surface area contributed by atoms with Crippen molar-refractivity contribution in [1.82, 2.24) is 9.97 Å². The van der Waals surface area contributed by atoms with Crippen LogP contribution in [0.15, 0.2) is 36.7 Å². The minimum absolute atomic E-state index is 0.180. The molecule has 0 radical (unpaired) electrons. The Labute approximate surface area is 124 Å². The summed E-state index contributed by atoms with van der Waals surface area (Å²) in [7, 11) is 0. The third-order valence-electron chi connectivity index (χ3n) is 3.09. The van der Waals surface area contributed by atoms with Crippen LogP contribution >= 0.6 is 11.6 Å². The lowest BCUT2D eigenvalue weighted by atomic mass is 10.00. The first-order valence-corrected chi connectivity index (χ1v) is 7.13. The average molecular weight is 291 g/mol. The van der Waals surface area contributed by atoms with Crippen molar-refractivity contribution in [3.63, 3.8) is 0 Å². The maximum atomic E-state index is 5.87. The van der Waals surface area contributed by atoms with Crippen molar-refractivity contribution in [3.8, 4) is 0 Å². The Morgan fingerprint density at radius 3 is 2.90 bits per heavy atom. The van der Waals surface area contributed by atoms with Gasteiger partial charge >= 0.3 is 0 Å². The van der Waals surface area contributed by atoms with E-state index >= 15 is 0 Å². The van der Waals surface area contributed by atoms with Crippen molar-refractivity contribution in [2.75, 3.05) is 5.32 Å². The van der Waals surface area contributed by atoms with Gasteiger partial charge in [0.25, 0.3) is 0 Å². The van der Waals surface area contributed by atoms with Crippen LogP contribution in [0.25, 0.3) is 0 Å². The average Bonchev–Trinajstić information content (AvgIpc) is 2.47. The van der Waals surface area contributed by atoms with Gasteiger partial charge in [-0.3, -0.25) is 4.98 Å². The maximum Gasteiger partial charge on any atom is 0.149 e. The van der Waals surface area contributed by atoms with E-state index in [0.717, 1.165) is 18.4 Å². The third-order valence-corrected chi connectivity index (χ3v) is 3.28. The Morgan fingerprint density at radius 1 is 1.35 bits per heavy atom. The molecule has 5 heteroatoms. The molecule has 0 aliphatic rings. The monoisotopic (exact) mass is 290 g/mol. The van der Waals surface area contributed by atoms with Crippen LogP contribution in [-0.4, -0.2) is 9.97 Å². The molecule has 0 aliphatic heterocycles. The molecule has 0 aliphatic carbocycles. The number of nitrogens with two attached hydrogens (primary N) is 1. The first-order chi connectivity index (χ1) is 9.72. The van der Waals surface area contributed by atoms with Crippen molar-refractivity contribution >= 4 is 17.4 Å². The molecule has 0 amide bonds. The van der Waals surface area contributed by atoms with E-state index in [1.165, 1.54) is 11.8 Å². The molecule has 20 heavy (non-hydrogen) atoms. The highest BCUT2D eigenvalue weighted by Gasteiger charge is 2.12. The highest BCUT2D eigenvalue weighted by atomic mass is 35.5. The lowest BCUT2D eigenvalue weighted by molar-refractivity contribution is 0.673. The molecule has 1 heterocycles. The molecule has 1 atom stereocenters. The molecule has 0 fully saturated rings. The normalized spacial score (nSPS) is 12.2. The quantitative estimate of drug-likeness (QED) is 0.854. The van der Waals surface area contributed by atoms with Gasteiger partial charge < -0.3 is 11.1 Å². The SMILES string of the molecule is CCCC(Nc1cncc(Cl)n1)c1cccc(CN)c1. The smallest absolute Gasteiger partial charge is 0.149 e. The van der Waals surface area contributed by atoms with Crippen LogP contribution < -0.4 is 11.1 Å². The summed E-state index contributed by atoms with van der Waals surface area (Å²) in [5.41, 5.74) is 8.04.